The standard InChI is InChI=1S/C26H36N2O2/c29-24-15-19-9-6-7-14-25(19)28(26(30)18-24)23-16-21-12-8-13-22(17-23)27(21)20-10-4-2-1-3-5-11-20/h6-7,9,14,20-23H,1-5,8,10-13,15-18H2/t21-,22+,23?. The van der Waals surface area contributed by atoms with E-state index in [-0.39, 0.29) is 24.2 Å². The number of amides is 1. The van der Waals surface area contributed by atoms with Gasteiger partial charge in [0.05, 0.1) is 6.42 Å². The van der Waals surface area contributed by atoms with Crippen molar-refractivity contribution in [3.63, 3.8) is 0 Å². The second-order valence-corrected chi connectivity index (χ2v) is 10.1. The molecular formula is C26H36N2O2. The van der Waals surface area contributed by atoms with Crippen LogP contribution in [0.1, 0.15) is 89.0 Å². The molecule has 4 heteroatoms. The van der Waals surface area contributed by atoms with E-state index in [1.54, 1.807) is 0 Å². The second-order valence-electron chi connectivity index (χ2n) is 10.1. The monoisotopic (exact) mass is 408 g/mol. The summed E-state index contributed by atoms with van der Waals surface area (Å²) >= 11 is 0. The van der Waals surface area contributed by atoms with E-state index in [0.717, 1.165) is 30.1 Å². The van der Waals surface area contributed by atoms with Crippen molar-refractivity contribution in [3.8, 4) is 0 Å². The molecule has 1 unspecified atom stereocenters. The van der Waals surface area contributed by atoms with Gasteiger partial charge in [0.15, 0.2) is 0 Å². The van der Waals surface area contributed by atoms with Crippen molar-refractivity contribution in [2.75, 3.05) is 4.90 Å². The number of hydrogen-bond acceptors (Lipinski definition) is 3. The molecule has 1 aromatic carbocycles. The van der Waals surface area contributed by atoms with Crippen molar-refractivity contribution in [1.29, 1.82) is 0 Å². The maximum Gasteiger partial charge on any atom is 0.234 e. The maximum atomic E-state index is 13.2. The first-order chi connectivity index (χ1) is 14.7. The van der Waals surface area contributed by atoms with Crippen LogP contribution >= 0.6 is 0 Å². The number of fused-ring (bicyclic) bond motifs is 3. The lowest BCUT2D eigenvalue weighted by Gasteiger charge is -2.54. The number of Topliss-reactive ketones (excluding diaryl/α,β-unsaturated/α-hetero) is 1. The van der Waals surface area contributed by atoms with Gasteiger partial charge in [-0.3, -0.25) is 14.5 Å². The van der Waals surface area contributed by atoms with Crippen LogP contribution in [0, 0.1) is 0 Å². The molecule has 1 aromatic rings. The van der Waals surface area contributed by atoms with E-state index in [1.807, 2.05) is 23.1 Å². The van der Waals surface area contributed by atoms with E-state index >= 15 is 0 Å². The van der Waals surface area contributed by atoms with Gasteiger partial charge in [-0.15, -0.1) is 0 Å². The molecule has 2 bridgehead atoms. The van der Waals surface area contributed by atoms with Crippen LogP contribution in [0.25, 0.3) is 0 Å². The Morgan fingerprint density at radius 1 is 0.667 bits per heavy atom. The largest absolute Gasteiger partial charge is 0.309 e. The van der Waals surface area contributed by atoms with Crippen LogP contribution in [0.5, 0.6) is 0 Å². The minimum absolute atomic E-state index is 0.0208. The Morgan fingerprint density at radius 3 is 2.03 bits per heavy atom. The number of carbonyl (C=O) groups is 2. The molecule has 1 amide bonds. The predicted octanol–water partition coefficient (Wildman–Crippen LogP) is 5.03. The Hall–Kier alpha value is -1.68. The molecule has 3 aliphatic heterocycles. The predicted molar refractivity (Wildman–Crippen MR) is 120 cm³/mol. The lowest BCUT2D eigenvalue weighted by Crippen LogP contribution is -2.61. The molecule has 30 heavy (non-hydrogen) atoms. The molecule has 4 aliphatic rings. The van der Waals surface area contributed by atoms with E-state index in [4.69, 9.17) is 0 Å². The van der Waals surface area contributed by atoms with Gasteiger partial charge in [0.25, 0.3) is 0 Å². The summed E-state index contributed by atoms with van der Waals surface area (Å²) in [6, 6.07) is 10.3. The third-order valence-electron chi connectivity index (χ3n) is 8.12. The van der Waals surface area contributed by atoms with Gasteiger partial charge in [-0.25, -0.2) is 0 Å². The molecule has 1 saturated carbocycles. The van der Waals surface area contributed by atoms with Gasteiger partial charge in [0, 0.05) is 36.3 Å². The molecule has 0 N–H and O–H groups in total. The molecule has 0 radical (unpaired) electrons. The topological polar surface area (TPSA) is 40.6 Å². The molecule has 0 aromatic heterocycles. The fourth-order valence-corrected chi connectivity index (χ4v) is 6.89. The molecule has 5 rings (SSSR count). The molecule has 3 fully saturated rings. The minimum Gasteiger partial charge on any atom is -0.309 e. The fourth-order valence-electron chi connectivity index (χ4n) is 6.89. The summed E-state index contributed by atoms with van der Waals surface area (Å²) in [5.41, 5.74) is 2.02. The zero-order chi connectivity index (χ0) is 20.5. The smallest absolute Gasteiger partial charge is 0.234 e. The Labute approximate surface area is 181 Å². The summed E-state index contributed by atoms with van der Waals surface area (Å²) in [6.07, 6.45) is 16.2. The van der Waals surface area contributed by atoms with E-state index in [1.165, 1.54) is 64.2 Å². The van der Waals surface area contributed by atoms with Crippen molar-refractivity contribution in [3.05, 3.63) is 29.8 Å². The van der Waals surface area contributed by atoms with E-state index in [2.05, 4.69) is 11.0 Å². The van der Waals surface area contributed by atoms with Crippen molar-refractivity contribution in [1.82, 2.24) is 4.90 Å². The highest BCUT2D eigenvalue weighted by atomic mass is 16.2. The van der Waals surface area contributed by atoms with E-state index in [9.17, 15) is 9.59 Å². The molecule has 1 aliphatic carbocycles. The van der Waals surface area contributed by atoms with Crippen LogP contribution in [-0.4, -0.2) is 40.8 Å². The maximum absolute atomic E-state index is 13.2. The highest BCUT2D eigenvalue weighted by molar-refractivity contribution is 6.09. The molecule has 2 saturated heterocycles. The normalized spacial score (nSPS) is 31.6. The Morgan fingerprint density at radius 2 is 1.30 bits per heavy atom. The highest BCUT2D eigenvalue weighted by Crippen LogP contribution is 2.42. The summed E-state index contributed by atoms with van der Waals surface area (Å²) in [5.74, 6) is 0.0783. The first-order valence-electron chi connectivity index (χ1n) is 12.4. The fraction of sp³-hybridized carbons (Fsp3) is 0.692. The number of hydrogen-bond donors (Lipinski definition) is 0. The average molecular weight is 409 g/mol. The van der Waals surface area contributed by atoms with Crippen molar-refractivity contribution in [2.45, 2.75) is 114 Å². The molecule has 3 atom stereocenters. The van der Waals surface area contributed by atoms with Crippen LogP contribution in [-0.2, 0) is 16.0 Å². The van der Waals surface area contributed by atoms with Gasteiger partial charge in [0.2, 0.25) is 5.91 Å². The number of para-hydroxylation sites is 1. The zero-order valence-corrected chi connectivity index (χ0v) is 18.2. The van der Waals surface area contributed by atoms with Crippen molar-refractivity contribution < 1.29 is 9.59 Å². The first kappa shape index (κ1) is 20.2. The minimum atomic E-state index is 0.0208. The van der Waals surface area contributed by atoms with Crippen LogP contribution < -0.4 is 4.90 Å². The summed E-state index contributed by atoms with van der Waals surface area (Å²) in [5, 5.41) is 0. The summed E-state index contributed by atoms with van der Waals surface area (Å²) < 4.78 is 0. The quantitative estimate of drug-likeness (QED) is 0.644. The van der Waals surface area contributed by atoms with Gasteiger partial charge in [-0.1, -0.05) is 56.7 Å². The summed E-state index contributed by atoms with van der Waals surface area (Å²) in [4.78, 5) is 30.5. The van der Waals surface area contributed by atoms with Gasteiger partial charge < -0.3 is 4.90 Å². The number of nitrogens with zero attached hydrogens (tertiary/aromatic N) is 2. The average Bonchev–Trinajstić information content (AvgIpc) is 2.81. The van der Waals surface area contributed by atoms with Crippen LogP contribution in [0.15, 0.2) is 24.3 Å². The number of ketones is 1. The van der Waals surface area contributed by atoms with Crippen LogP contribution in [0.4, 0.5) is 5.69 Å². The van der Waals surface area contributed by atoms with Gasteiger partial charge in [-0.05, 0) is 50.2 Å². The SMILES string of the molecule is O=C1CC(=O)N(C2C[C@H]3CCC[C@@H](C2)N3C2CCCCCCC2)c2ccccc2C1. The number of carbonyl (C=O) groups excluding carboxylic acids is 2. The number of anilines is 1. The van der Waals surface area contributed by atoms with Crippen LogP contribution in [0.3, 0.4) is 0 Å². The Bertz CT molecular complexity index is 769. The number of rotatable bonds is 2. The molecule has 4 nitrogen and oxygen atoms in total. The van der Waals surface area contributed by atoms with E-state index < -0.39 is 0 Å². The van der Waals surface area contributed by atoms with Crippen molar-refractivity contribution in [2.24, 2.45) is 0 Å². The Balaban J connectivity index is 1.40. The molecular weight excluding hydrogens is 372 g/mol. The third-order valence-corrected chi connectivity index (χ3v) is 8.12. The molecule has 3 heterocycles. The lowest BCUT2D eigenvalue weighted by molar-refractivity contribution is -0.126. The third kappa shape index (κ3) is 3.95. The summed E-state index contributed by atoms with van der Waals surface area (Å²) in [7, 11) is 0. The molecule has 0 spiro atoms. The highest BCUT2D eigenvalue weighted by Gasteiger charge is 2.44. The lowest BCUT2D eigenvalue weighted by atomic mass is 9.78. The van der Waals surface area contributed by atoms with Crippen molar-refractivity contribution >= 4 is 17.4 Å². The zero-order valence-electron chi connectivity index (χ0n) is 18.2. The van der Waals surface area contributed by atoms with Gasteiger partial charge >= 0.3 is 0 Å². The summed E-state index contributed by atoms with van der Waals surface area (Å²) in [6.45, 7) is 0. The number of piperidine rings is 2. The van der Waals surface area contributed by atoms with Crippen LogP contribution in [0.2, 0.25) is 0 Å². The van der Waals surface area contributed by atoms with E-state index in [0.29, 0.717) is 18.5 Å². The second kappa shape index (κ2) is 8.82. The van der Waals surface area contributed by atoms with Gasteiger partial charge in [0.1, 0.15) is 5.78 Å². The van der Waals surface area contributed by atoms with Gasteiger partial charge in [-0.2, -0.15) is 0 Å². The first-order valence-corrected chi connectivity index (χ1v) is 12.4. The number of benzene rings is 1. The molecule has 162 valence electrons. The Kier molecular flexibility index (Phi) is 5.95.